The largest absolute Gasteiger partial charge is 0.376 e. The fourth-order valence-electron chi connectivity index (χ4n) is 0.815. The van der Waals surface area contributed by atoms with E-state index >= 15 is 0 Å². The molecule has 0 amide bonds. The molecule has 0 aromatic rings. The third-order valence-corrected chi connectivity index (χ3v) is 1.76. The van der Waals surface area contributed by atoms with Crippen molar-refractivity contribution < 1.29 is 0 Å². The second-order valence-corrected chi connectivity index (χ2v) is 2.69. The van der Waals surface area contributed by atoms with Gasteiger partial charge in [-0.1, -0.05) is 6.92 Å². The number of rotatable bonds is 5. The first-order valence-electron chi connectivity index (χ1n) is 3.97. The molecule has 0 bridgehead atoms. The number of nitrogens with two attached hydrogens (primary N) is 1. The fourth-order valence-corrected chi connectivity index (χ4v) is 1.04. The van der Waals surface area contributed by atoms with Crippen molar-refractivity contribution in [1.29, 1.82) is 0 Å². The highest BCUT2D eigenvalue weighted by Crippen LogP contribution is 1.84. The summed E-state index contributed by atoms with van der Waals surface area (Å²) in [5, 5.41) is 3.70. The molecule has 0 atom stereocenters. The summed E-state index contributed by atoms with van der Waals surface area (Å²) >= 11 is 4.84. The molecule has 0 saturated heterocycles. The summed E-state index contributed by atoms with van der Waals surface area (Å²) in [6.07, 6.45) is 0. The van der Waals surface area contributed by atoms with Crippen molar-refractivity contribution in [3.05, 3.63) is 0 Å². The van der Waals surface area contributed by atoms with Crippen LogP contribution >= 0.6 is 12.2 Å². The Balaban J connectivity index is 3.44. The minimum Gasteiger partial charge on any atom is -0.376 e. The molecule has 0 aromatic heterocycles. The van der Waals surface area contributed by atoms with Gasteiger partial charge in [-0.05, 0) is 25.7 Å². The molecule has 0 radical (unpaired) electrons. The number of hydrogen-bond donors (Lipinski definition) is 2. The zero-order valence-electron chi connectivity index (χ0n) is 7.26. The van der Waals surface area contributed by atoms with Crippen LogP contribution in [-0.4, -0.2) is 36.2 Å². The maximum atomic E-state index is 5.46. The molecule has 11 heavy (non-hydrogen) atoms. The van der Waals surface area contributed by atoms with Gasteiger partial charge in [-0.2, -0.15) is 0 Å². The standard InChI is InChI=1S/C7H17N3S/c1-3-9-5-6-10(4-2)7(8)11/h9H,3-6H2,1-2H3,(H2,8,11). The normalized spacial score (nSPS) is 9.64. The quantitative estimate of drug-likeness (QED) is 0.461. The Kier molecular flexibility index (Phi) is 6.16. The second kappa shape index (κ2) is 6.37. The molecular weight excluding hydrogens is 158 g/mol. The molecular formula is C7H17N3S. The number of nitrogens with one attached hydrogen (secondary N) is 1. The van der Waals surface area contributed by atoms with E-state index in [0.717, 1.165) is 26.2 Å². The molecule has 3 nitrogen and oxygen atoms in total. The number of likely N-dealkylation sites (N-methyl/N-ethyl adjacent to an activating group) is 2. The van der Waals surface area contributed by atoms with E-state index in [1.807, 2.05) is 11.8 Å². The van der Waals surface area contributed by atoms with Gasteiger partial charge in [-0.25, -0.2) is 0 Å². The maximum Gasteiger partial charge on any atom is 0.166 e. The predicted molar refractivity (Wildman–Crippen MR) is 52.6 cm³/mol. The lowest BCUT2D eigenvalue weighted by molar-refractivity contribution is 0.435. The molecule has 0 spiro atoms. The van der Waals surface area contributed by atoms with Crippen LogP contribution in [0.1, 0.15) is 13.8 Å². The van der Waals surface area contributed by atoms with Gasteiger partial charge in [0.15, 0.2) is 5.11 Å². The summed E-state index contributed by atoms with van der Waals surface area (Å²) in [6, 6.07) is 0. The zero-order chi connectivity index (χ0) is 8.69. The highest BCUT2D eigenvalue weighted by atomic mass is 32.1. The van der Waals surface area contributed by atoms with E-state index in [1.165, 1.54) is 0 Å². The fraction of sp³-hybridized carbons (Fsp3) is 0.857. The predicted octanol–water partition coefficient (Wildman–Crippen LogP) is 0.161. The molecule has 3 N–H and O–H groups in total. The van der Waals surface area contributed by atoms with E-state index < -0.39 is 0 Å². The van der Waals surface area contributed by atoms with Crippen LogP contribution in [0.25, 0.3) is 0 Å². The third-order valence-electron chi connectivity index (χ3n) is 1.50. The van der Waals surface area contributed by atoms with Gasteiger partial charge in [0.25, 0.3) is 0 Å². The molecule has 0 saturated carbocycles. The lowest BCUT2D eigenvalue weighted by atomic mass is 10.5. The van der Waals surface area contributed by atoms with E-state index in [-0.39, 0.29) is 0 Å². The molecule has 0 fully saturated rings. The Labute approximate surface area is 73.9 Å². The van der Waals surface area contributed by atoms with E-state index in [9.17, 15) is 0 Å². The highest BCUT2D eigenvalue weighted by Gasteiger charge is 2.00. The van der Waals surface area contributed by atoms with Crippen LogP contribution in [0.5, 0.6) is 0 Å². The van der Waals surface area contributed by atoms with Crippen molar-refractivity contribution in [3.63, 3.8) is 0 Å². The van der Waals surface area contributed by atoms with Gasteiger partial charge in [0, 0.05) is 19.6 Å². The third kappa shape index (κ3) is 4.98. The van der Waals surface area contributed by atoms with Crippen LogP contribution in [0.3, 0.4) is 0 Å². The molecule has 0 aliphatic carbocycles. The smallest absolute Gasteiger partial charge is 0.166 e. The number of nitrogens with zero attached hydrogens (tertiary/aromatic N) is 1. The van der Waals surface area contributed by atoms with Crippen molar-refractivity contribution in [2.45, 2.75) is 13.8 Å². The first-order valence-corrected chi connectivity index (χ1v) is 4.38. The van der Waals surface area contributed by atoms with Gasteiger partial charge in [-0.3, -0.25) is 0 Å². The topological polar surface area (TPSA) is 41.3 Å². The monoisotopic (exact) mass is 175 g/mol. The average molecular weight is 175 g/mol. The van der Waals surface area contributed by atoms with Gasteiger partial charge in [0.05, 0.1) is 0 Å². The maximum absolute atomic E-state index is 5.46. The van der Waals surface area contributed by atoms with Crippen molar-refractivity contribution in [2.75, 3.05) is 26.2 Å². The minimum absolute atomic E-state index is 0.491. The van der Waals surface area contributed by atoms with E-state index in [1.54, 1.807) is 0 Å². The molecule has 0 rings (SSSR count). The molecule has 0 unspecified atom stereocenters. The Morgan fingerprint density at radius 2 is 2.18 bits per heavy atom. The van der Waals surface area contributed by atoms with E-state index in [0.29, 0.717) is 5.11 Å². The molecule has 0 aliphatic rings. The first-order chi connectivity index (χ1) is 5.22. The SMILES string of the molecule is CCNCCN(CC)C(N)=S. The minimum atomic E-state index is 0.491. The van der Waals surface area contributed by atoms with Gasteiger partial charge in [0.2, 0.25) is 0 Å². The van der Waals surface area contributed by atoms with Crippen LogP contribution in [-0.2, 0) is 0 Å². The summed E-state index contributed by atoms with van der Waals surface area (Å²) in [5.74, 6) is 0. The first kappa shape index (κ1) is 10.7. The van der Waals surface area contributed by atoms with E-state index in [4.69, 9.17) is 18.0 Å². The highest BCUT2D eigenvalue weighted by molar-refractivity contribution is 7.80. The summed E-state index contributed by atoms with van der Waals surface area (Å²) in [7, 11) is 0. The summed E-state index contributed by atoms with van der Waals surface area (Å²) in [6.45, 7) is 7.86. The van der Waals surface area contributed by atoms with E-state index in [2.05, 4.69) is 12.2 Å². The second-order valence-electron chi connectivity index (χ2n) is 2.27. The van der Waals surface area contributed by atoms with Crippen molar-refractivity contribution >= 4 is 17.3 Å². The van der Waals surface area contributed by atoms with Gasteiger partial charge in [-0.15, -0.1) is 0 Å². The Hall–Kier alpha value is -0.350. The molecule has 0 aliphatic heterocycles. The van der Waals surface area contributed by atoms with Crippen molar-refractivity contribution in [1.82, 2.24) is 10.2 Å². The van der Waals surface area contributed by atoms with Crippen molar-refractivity contribution in [2.24, 2.45) is 5.73 Å². The summed E-state index contributed by atoms with van der Waals surface area (Å²) in [5.41, 5.74) is 5.46. The Morgan fingerprint density at radius 3 is 2.55 bits per heavy atom. The van der Waals surface area contributed by atoms with Gasteiger partial charge >= 0.3 is 0 Å². The van der Waals surface area contributed by atoms with Crippen LogP contribution in [0.4, 0.5) is 0 Å². The molecule has 4 heteroatoms. The zero-order valence-corrected chi connectivity index (χ0v) is 8.08. The molecule has 66 valence electrons. The number of thiocarbonyl (C=S) groups is 1. The average Bonchev–Trinajstić information content (AvgIpc) is 1.97. The molecule has 0 aromatic carbocycles. The molecule has 0 heterocycles. The van der Waals surface area contributed by atoms with Crippen LogP contribution in [0.15, 0.2) is 0 Å². The lowest BCUT2D eigenvalue weighted by Gasteiger charge is -2.20. The van der Waals surface area contributed by atoms with Gasteiger partial charge in [0.1, 0.15) is 0 Å². The Morgan fingerprint density at radius 1 is 1.55 bits per heavy atom. The summed E-state index contributed by atoms with van der Waals surface area (Å²) in [4.78, 5) is 1.97. The van der Waals surface area contributed by atoms with Gasteiger partial charge < -0.3 is 16.0 Å². The van der Waals surface area contributed by atoms with Crippen LogP contribution in [0.2, 0.25) is 0 Å². The summed E-state index contributed by atoms with van der Waals surface area (Å²) < 4.78 is 0. The lowest BCUT2D eigenvalue weighted by Crippen LogP contribution is -2.39. The van der Waals surface area contributed by atoms with Crippen LogP contribution < -0.4 is 11.1 Å². The Bertz CT molecular complexity index is 116. The van der Waals surface area contributed by atoms with Crippen molar-refractivity contribution in [3.8, 4) is 0 Å². The van der Waals surface area contributed by atoms with Crippen LogP contribution in [0, 0.1) is 0 Å². The number of hydrogen-bond acceptors (Lipinski definition) is 2.